The van der Waals surface area contributed by atoms with Gasteiger partial charge in [0.15, 0.2) is 16.0 Å². The maximum atomic E-state index is 12.4. The van der Waals surface area contributed by atoms with Gasteiger partial charge < -0.3 is 16.8 Å². The van der Waals surface area contributed by atoms with Crippen LogP contribution in [0, 0.1) is 22.8 Å². The highest BCUT2D eigenvalue weighted by Crippen LogP contribution is 2.42. The van der Waals surface area contributed by atoms with E-state index in [1.165, 1.54) is 6.07 Å². The molecule has 0 aliphatic carbocycles. The fraction of sp³-hybridized carbons (Fsp3) is 0.125. The lowest BCUT2D eigenvalue weighted by Gasteiger charge is -2.27. The summed E-state index contributed by atoms with van der Waals surface area (Å²) in [6.45, 7) is 0. The Bertz CT molecular complexity index is 1210. The summed E-state index contributed by atoms with van der Waals surface area (Å²) in [4.78, 5) is 8.54. The number of anilines is 3. The first-order valence-electron chi connectivity index (χ1n) is 7.65. The van der Waals surface area contributed by atoms with E-state index in [1.54, 1.807) is 18.3 Å². The molecule has 2 heterocycles. The normalized spacial score (nSPS) is 15.4. The van der Waals surface area contributed by atoms with Crippen molar-refractivity contribution in [3.05, 3.63) is 39.4 Å². The molecule has 3 rings (SSSR count). The fourth-order valence-corrected chi connectivity index (χ4v) is 4.32. The molecular weight excluding hydrogens is 448 g/mol. The van der Waals surface area contributed by atoms with Crippen LogP contribution >= 0.6 is 15.9 Å². The fourth-order valence-electron chi connectivity index (χ4n) is 2.86. The zero-order valence-corrected chi connectivity index (χ0v) is 16.8. The van der Waals surface area contributed by atoms with Crippen LogP contribution in [0.4, 0.5) is 17.3 Å². The summed E-state index contributed by atoms with van der Waals surface area (Å²) in [6.07, 6.45) is 2.81. The lowest BCUT2D eigenvalue weighted by atomic mass is 9.95. The average Bonchev–Trinajstić information content (AvgIpc) is 2.60. The summed E-state index contributed by atoms with van der Waals surface area (Å²) in [5.41, 5.74) is 12.6. The summed E-state index contributed by atoms with van der Waals surface area (Å²) in [5.74, 6) is 0.120. The van der Waals surface area contributed by atoms with Crippen LogP contribution in [0.25, 0.3) is 0 Å². The van der Waals surface area contributed by atoms with Gasteiger partial charge in [-0.1, -0.05) is 22.0 Å². The molecule has 12 heteroatoms. The van der Waals surface area contributed by atoms with Gasteiger partial charge in [0.25, 0.3) is 0 Å². The third-order valence-electron chi connectivity index (χ3n) is 4.03. The Hall–Kier alpha value is -3.35. The Morgan fingerprint density at radius 1 is 1.32 bits per heavy atom. The molecule has 0 amide bonds. The summed E-state index contributed by atoms with van der Waals surface area (Å²) in [7, 11) is -3.63. The molecule has 1 aliphatic rings. The van der Waals surface area contributed by atoms with Crippen LogP contribution in [0.15, 0.2) is 32.6 Å². The van der Waals surface area contributed by atoms with Crippen LogP contribution in [0.3, 0.4) is 0 Å². The van der Waals surface area contributed by atoms with Crippen molar-refractivity contribution in [1.82, 2.24) is 10.3 Å². The predicted molar refractivity (Wildman–Crippen MR) is 107 cm³/mol. The minimum absolute atomic E-state index is 0.0227. The van der Waals surface area contributed by atoms with Gasteiger partial charge >= 0.3 is 0 Å². The van der Waals surface area contributed by atoms with Crippen molar-refractivity contribution in [3.63, 3.8) is 0 Å². The van der Waals surface area contributed by atoms with Crippen molar-refractivity contribution >= 4 is 49.0 Å². The first kappa shape index (κ1) is 19.4. The number of nitrogens with zero attached hydrogens (tertiary/aromatic N) is 4. The standard InChI is InChI=1S/C16H13BrN8O2S/c1-28(26,27)10-4-7(17)2-3-8(10)13-11-12(20)9(5-18)14(21)24-15(11)25-16(23-13)22-6-19/h2-4,13H,1H3,(H6,20,21,22,23,24,25). The molecule has 0 radical (unpaired) electrons. The van der Waals surface area contributed by atoms with E-state index in [-0.39, 0.29) is 33.7 Å². The quantitative estimate of drug-likeness (QED) is 0.377. The van der Waals surface area contributed by atoms with Crippen LogP contribution in [0.5, 0.6) is 0 Å². The number of nitrogens with one attached hydrogen (secondary N) is 2. The van der Waals surface area contributed by atoms with E-state index in [2.05, 4.69) is 36.5 Å². The van der Waals surface area contributed by atoms with Gasteiger partial charge in [-0.05, 0) is 12.1 Å². The van der Waals surface area contributed by atoms with Crippen molar-refractivity contribution in [3.8, 4) is 12.3 Å². The molecule has 1 aromatic heterocycles. The summed E-state index contributed by atoms with van der Waals surface area (Å²) < 4.78 is 25.3. The van der Waals surface area contributed by atoms with Gasteiger partial charge in [-0.2, -0.15) is 10.5 Å². The minimum Gasteiger partial charge on any atom is -0.397 e. The van der Waals surface area contributed by atoms with E-state index in [0.717, 1.165) is 6.26 Å². The first-order valence-corrected chi connectivity index (χ1v) is 10.3. The van der Waals surface area contributed by atoms with E-state index < -0.39 is 15.9 Å². The third kappa shape index (κ3) is 3.31. The maximum Gasteiger partial charge on any atom is 0.211 e. The Morgan fingerprint density at radius 2 is 2.04 bits per heavy atom. The van der Waals surface area contributed by atoms with Gasteiger partial charge in [0.1, 0.15) is 29.3 Å². The highest BCUT2D eigenvalue weighted by molar-refractivity contribution is 9.10. The Labute approximate surface area is 168 Å². The number of nitrogen functional groups attached to an aromatic ring is 2. The van der Waals surface area contributed by atoms with Crippen molar-refractivity contribution in [2.75, 3.05) is 23.0 Å². The van der Waals surface area contributed by atoms with Gasteiger partial charge in [0, 0.05) is 21.9 Å². The maximum absolute atomic E-state index is 12.4. The molecule has 10 nitrogen and oxygen atoms in total. The molecule has 1 unspecified atom stereocenters. The number of nitrogens with two attached hydrogens (primary N) is 2. The van der Waals surface area contributed by atoms with Gasteiger partial charge in [-0.3, -0.25) is 5.32 Å². The molecule has 6 N–H and O–H groups in total. The Morgan fingerprint density at radius 3 is 2.64 bits per heavy atom. The number of aliphatic imine (C=N–C) groups is 1. The number of fused-ring (bicyclic) bond motifs is 1. The third-order valence-corrected chi connectivity index (χ3v) is 5.67. The zero-order chi connectivity index (χ0) is 20.6. The van der Waals surface area contributed by atoms with E-state index in [9.17, 15) is 13.7 Å². The number of aromatic nitrogens is 1. The van der Waals surface area contributed by atoms with Gasteiger partial charge in [-0.25, -0.2) is 18.4 Å². The molecule has 2 aromatic rings. The summed E-state index contributed by atoms with van der Waals surface area (Å²) in [6, 6.07) is 5.64. The number of guanidine groups is 1. The molecule has 1 aromatic carbocycles. The smallest absolute Gasteiger partial charge is 0.211 e. The topological polar surface area (TPSA) is 183 Å². The number of hydrogen-bond acceptors (Lipinski definition) is 10. The van der Waals surface area contributed by atoms with Gasteiger partial charge in [0.2, 0.25) is 5.96 Å². The molecular formula is C16H13BrN8O2S. The number of sulfone groups is 1. The van der Waals surface area contributed by atoms with E-state index in [1.807, 2.05) is 6.07 Å². The van der Waals surface area contributed by atoms with Crippen LogP contribution in [0.2, 0.25) is 0 Å². The monoisotopic (exact) mass is 460 g/mol. The molecule has 0 saturated carbocycles. The first-order chi connectivity index (χ1) is 13.2. The molecule has 0 fully saturated rings. The van der Waals surface area contributed by atoms with Gasteiger partial charge in [0.05, 0.1) is 10.6 Å². The van der Waals surface area contributed by atoms with Crippen molar-refractivity contribution in [2.45, 2.75) is 10.9 Å². The SMILES string of the molecule is CS(=O)(=O)c1cc(Br)ccc1C1N=C(NC#N)Nc2nc(N)c(C#N)c(N)c21. The number of rotatable bonds is 2. The zero-order valence-electron chi connectivity index (χ0n) is 14.4. The minimum atomic E-state index is -3.63. The van der Waals surface area contributed by atoms with E-state index >= 15 is 0 Å². The lowest BCUT2D eigenvalue weighted by Crippen LogP contribution is -2.33. The molecule has 28 heavy (non-hydrogen) atoms. The average molecular weight is 461 g/mol. The Balaban J connectivity index is 2.37. The molecule has 1 atom stereocenters. The second-order valence-corrected chi connectivity index (χ2v) is 8.76. The molecule has 0 spiro atoms. The van der Waals surface area contributed by atoms with Crippen LogP contribution in [0.1, 0.15) is 22.7 Å². The van der Waals surface area contributed by atoms with Crippen LogP contribution in [-0.2, 0) is 9.84 Å². The number of benzene rings is 1. The second kappa shape index (κ2) is 6.99. The van der Waals surface area contributed by atoms with E-state index in [0.29, 0.717) is 15.6 Å². The number of hydrogen-bond donors (Lipinski definition) is 4. The molecule has 0 saturated heterocycles. The number of pyridine rings is 1. The largest absolute Gasteiger partial charge is 0.397 e. The van der Waals surface area contributed by atoms with Crippen molar-refractivity contribution < 1.29 is 8.42 Å². The molecule has 0 bridgehead atoms. The summed E-state index contributed by atoms with van der Waals surface area (Å²) in [5, 5.41) is 23.4. The van der Waals surface area contributed by atoms with E-state index in [4.69, 9.17) is 16.7 Å². The molecule has 142 valence electrons. The van der Waals surface area contributed by atoms with Crippen LogP contribution in [-0.4, -0.2) is 25.6 Å². The number of nitriles is 2. The highest BCUT2D eigenvalue weighted by atomic mass is 79.9. The highest BCUT2D eigenvalue weighted by Gasteiger charge is 2.32. The van der Waals surface area contributed by atoms with Crippen molar-refractivity contribution in [2.24, 2.45) is 4.99 Å². The second-order valence-electron chi connectivity index (χ2n) is 5.86. The summed E-state index contributed by atoms with van der Waals surface area (Å²) >= 11 is 3.26. The predicted octanol–water partition coefficient (Wildman–Crippen LogP) is 1.23. The van der Waals surface area contributed by atoms with Crippen molar-refractivity contribution in [1.29, 1.82) is 10.5 Å². The molecule has 1 aliphatic heterocycles. The van der Waals surface area contributed by atoms with Gasteiger partial charge in [-0.15, -0.1) is 0 Å². The van der Waals surface area contributed by atoms with Crippen LogP contribution < -0.4 is 22.1 Å². The lowest BCUT2D eigenvalue weighted by molar-refractivity contribution is 0.599. The Kier molecular flexibility index (Phi) is 4.85. The number of halogens is 1.